The van der Waals surface area contributed by atoms with Gasteiger partial charge in [-0.2, -0.15) is 5.26 Å². The quantitative estimate of drug-likeness (QED) is 0.520. The van der Waals surface area contributed by atoms with Crippen molar-refractivity contribution in [1.82, 2.24) is 19.3 Å². The summed E-state index contributed by atoms with van der Waals surface area (Å²) in [7, 11) is 0. The molecule has 0 aliphatic heterocycles. The minimum atomic E-state index is -0.514. The third-order valence-corrected chi connectivity index (χ3v) is 6.05. The normalized spacial score (nSPS) is 10.7. The van der Waals surface area contributed by atoms with Gasteiger partial charge in [0.25, 0.3) is 11.5 Å². The molecule has 0 spiro atoms. The number of nitrogens with zero attached hydrogens (tertiary/aromatic N) is 4. The van der Waals surface area contributed by atoms with Gasteiger partial charge in [0, 0.05) is 30.7 Å². The molecule has 4 rings (SSSR count). The maximum absolute atomic E-state index is 13.0. The number of fused-ring (bicyclic) bond motifs is 1. The van der Waals surface area contributed by atoms with Crippen molar-refractivity contribution >= 4 is 22.1 Å². The minimum absolute atomic E-state index is 0.0760. The van der Waals surface area contributed by atoms with Crippen molar-refractivity contribution in [1.29, 1.82) is 5.26 Å². The molecule has 1 aromatic carbocycles. The molecule has 0 unspecified atom stereocenters. The van der Waals surface area contributed by atoms with E-state index < -0.39 is 11.2 Å². The first kappa shape index (κ1) is 20.3. The molecule has 1 amide bonds. The Morgan fingerprint density at radius 2 is 1.84 bits per heavy atom. The van der Waals surface area contributed by atoms with Crippen LogP contribution in [0.4, 0.5) is 0 Å². The second kappa shape index (κ2) is 8.38. The van der Waals surface area contributed by atoms with Gasteiger partial charge in [0.15, 0.2) is 0 Å². The molecule has 0 radical (unpaired) electrons. The van der Waals surface area contributed by atoms with Gasteiger partial charge in [0.05, 0.1) is 18.2 Å². The predicted octanol–water partition coefficient (Wildman–Crippen LogP) is 2.08. The summed E-state index contributed by atoms with van der Waals surface area (Å²) >= 11 is 1.10. The number of carbonyl (C=O) groups excluding carboxylic acids is 1. The Bertz CT molecular complexity index is 1430. The van der Waals surface area contributed by atoms with Gasteiger partial charge in [0.2, 0.25) is 0 Å². The van der Waals surface area contributed by atoms with Crippen LogP contribution in [0, 0.1) is 18.3 Å². The van der Waals surface area contributed by atoms with Crippen molar-refractivity contribution in [3.8, 4) is 6.07 Å². The molecule has 4 aromatic rings. The lowest BCUT2D eigenvalue weighted by Crippen LogP contribution is -2.38. The van der Waals surface area contributed by atoms with Crippen LogP contribution in [0.5, 0.6) is 0 Å². The van der Waals surface area contributed by atoms with Crippen LogP contribution in [0.15, 0.2) is 64.6 Å². The van der Waals surface area contributed by atoms with Gasteiger partial charge in [-0.15, -0.1) is 11.3 Å². The molecule has 0 bridgehead atoms. The first-order valence-corrected chi connectivity index (χ1v) is 10.2. The molecule has 3 heterocycles. The third-order valence-electron chi connectivity index (χ3n) is 4.85. The molecule has 31 heavy (non-hydrogen) atoms. The molecule has 0 fully saturated rings. The summed E-state index contributed by atoms with van der Waals surface area (Å²) in [6.45, 7) is 2.04. The number of aryl methyl sites for hydroxylation is 1. The Morgan fingerprint density at radius 3 is 2.52 bits per heavy atom. The first-order valence-electron chi connectivity index (χ1n) is 9.39. The minimum Gasteiger partial charge on any atom is -0.347 e. The molecular formula is C22H17N5O3S. The predicted molar refractivity (Wildman–Crippen MR) is 116 cm³/mol. The molecule has 1 N–H and O–H groups in total. The number of pyridine rings is 1. The molecular weight excluding hydrogens is 414 g/mol. The zero-order valence-corrected chi connectivity index (χ0v) is 17.3. The standard InChI is InChI=1S/C22H17N5O3S/c1-14-20(29)26(12-17-4-2-15(10-23)3-5-17)22(30)27-13-18(31-21(14)27)19(28)25-11-16-6-8-24-9-7-16/h2-9,13H,11-12H2,1H3,(H,25,28). The monoisotopic (exact) mass is 431 g/mol. The van der Waals surface area contributed by atoms with Crippen LogP contribution in [0.2, 0.25) is 0 Å². The average Bonchev–Trinajstić information content (AvgIpc) is 3.26. The Morgan fingerprint density at radius 1 is 1.13 bits per heavy atom. The Hall–Kier alpha value is -4.03. The van der Waals surface area contributed by atoms with Crippen LogP contribution >= 0.6 is 11.3 Å². The highest BCUT2D eigenvalue weighted by Gasteiger charge is 2.17. The number of aromatic nitrogens is 3. The van der Waals surface area contributed by atoms with Crippen LogP contribution < -0.4 is 16.6 Å². The highest BCUT2D eigenvalue weighted by Crippen LogP contribution is 2.18. The van der Waals surface area contributed by atoms with Crippen molar-refractivity contribution in [2.24, 2.45) is 0 Å². The van der Waals surface area contributed by atoms with E-state index in [0.717, 1.165) is 27.0 Å². The van der Waals surface area contributed by atoms with Crippen molar-refractivity contribution in [2.75, 3.05) is 0 Å². The van der Waals surface area contributed by atoms with Crippen LogP contribution in [0.25, 0.3) is 4.83 Å². The van der Waals surface area contributed by atoms with E-state index in [0.29, 0.717) is 27.4 Å². The van der Waals surface area contributed by atoms with Crippen molar-refractivity contribution in [3.63, 3.8) is 0 Å². The van der Waals surface area contributed by atoms with Crippen LogP contribution in [0.1, 0.15) is 31.9 Å². The van der Waals surface area contributed by atoms with Gasteiger partial charge in [-0.05, 0) is 42.3 Å². The summed E-state index contributed by atoms with van der Waals surface area (Å²) in [4.78, 5) is 43.1. The highest BCUT2D eigenvalue weighted by molar-refractivity contribution is 7.19. The maximum Gasteiger partial charge on any atom is 0.336 e. The van der Waals surface area contributed by atoms with Gasteiger partial charge in [-0.1, -0.05) is 12.1 Å². The van der Waals surface area contributed by atoms with Gasteiger partial charge in [-0.3, -0.25) is 23.5 Å². The average molecular weight is 431 g/mol. The van der Waals surface area contributed by atoms with E-state index in [2.05, 4.69) is 10.3 Å². The Kier molecular flexibility index (Phi) is 5.47. The van der Waals surface area contributed by atoms with E-state index in [4.69, 9.17) is 5.26 Å². The topological polar surface area (TPSA) is 109 Å². The number of carbonyl (C=O) groups is 1. The number of nitriles is 1. The lowest BCUT2D eigenvalue weighted by Gasteiger charge is -2.07. The van der Waals surface area contributed by atoms with Crippen LogP contribution in [-0.4, -0.2) is 19.9 Å². The number of rotatable bonds is 5. The van der Waals surface area contributed by atoms with Crippen molar-refractivity contribution < 1.29 is 4.79 Å². The Labute approximate surface area is 180 Å². The van der Waals surface area contributed by atoms with Crippen molar-refractivity contribution in [2.45, 2.75) is 20.0 Å². The smallest absolute Gasteiger partial charge is 0.336 e. The summed E-state index contributed by atoms with van der Waals surface area (Å²) in [6, 6.07) is 12.3. The number of nitrogens with one attached hydrogen (secondary N) is 1. The first-order chi connectivity index (χ1) is 15.0. The van der Waals surface area contributed by atoms with E-state index >= 15 is 0 Å². The maximum atomic E-state index is 13.0. The fourth-order valence-electron chi connectivity index (χ4n) is 3.15. The fourth-order valence-corrected chi connectivity index (χ4v) is 4.15. The zero-order chi connectivity index (χ0) is 22.0. The van der Waals surface area contributed by atoms with E-state index in [1.54, 1.807) is 55.7 Å². The number of thiazole rings is 1. The molecule has 154 valence electrons. The molecule has 0 aliphatic carbocycles. The van der Waals surface area contributed by atoms with Crippen LogP contribution in [0.3, 0.4) is 0 Å². The highest BCUT2D eigenvalue weighted by atomic mass is 32.1. The van der Waals surface area contributed by atoms with Crippen LogP contribution in [-0.2, 0) is 13.1 Å². The van der Waals surface area contributed by atoms with E-state index in [1.807, 2.05) is 6.07 Å². The van der Waals surface area contributed by atoms with Crippen molar-refractivity contribution in [3.05, 3.63) is 103 Å². The summed E-state index contributed by atoms with van der Waals surface area (Å²) in [5.41, 5.74) is 1.61. The van der Waals surface area contributed by atoms with E-state index in [-0.39, 0.29) is 12.5 Å². The number of amides is 1. The van der Waals surface area contributed by atoms with Gasteiger partial charge < -0.3 is 5.32 Å². The molecule has 0 saturated carbocycles. The summed E-state index contributed by atoms with van der Waals surface area (Å²) in [6.07, 6.45) is 4.75. The van der Waals surface area contributed by atoms with Gasteiger partial charge in [0.1, 0.15) is 9.71 Å². The molecule has 8 nitrogen and oxygen atoms in total. The second-order valence-corrected chi connectivity index (χ2v) is 7.95. The lowest BCUT2D eigenvalue weighted by atomic mass is 10.1. The second-order valence-electron chi connectivity index (χ2n) is 6.92. The summed E-state index contributed by atoms with van der Waals surface area (Å²) < 4.78 is 2.47. The zero-order valence-electron chi connectivity index (χ0n) is 16.5. The number of benzene rings is 1. The van der Waals surface area contributed by atoms with Gasteiger partial charge in [-0.25, -0.2) is 4.79 Å². The lowest BCUT2D eigenvalue weighted by molar-refractivity contribution is 0.0954. The molecule has 3 aromatic heterocycles. The molecule has 0 atom stereocenters. The molecule has 0 saturated heterocycles. The molecule has 0 aliphatic rings. The molecule has 9 heteroatoms. The number of hydrogen-bond acceptors (Lipinski definition) is 6. The summed E-state index contributed by atoms with van der Waals surface area (Å²) in [5, 5.41) is 11.7. The van der Waals surface area contributed by atoms with Gasteiger partial charge >= 0.3 is 5.69 Å². The largest absolute Gasteiger partial charge is 0.347 e. The Balaban J connectivity index is 1.66. The fraction of sp³-hybridized carbons (Fsp3) is 0.136. The SMILES string of the molecule is Cc1c(=O)n(Cc2ccc(C#N)cc2)c(=O)n2cc(C(=O)NCc3ccncc3)sc12. The van der Waals surface area contributed by atoms with E-state index in [9.17, 15) is 14.4 Å². The summed E-state index contributed by atoms with van der Waals surface area (Å²) in [5.74, 6) is -0.324. The number of hydrogen-bond donors (Lipinski definition) is 1. The third kappa shape index (κ3) is 4.01. The van der Waals surface area contributed by atoms with E-state index in [1.165, 1.54) is 10.6 Å².